The number of carbonyl (C=O) groups is 1. The van der Waals surface area contributed by atoms with Gasteiger partial charge < -0.3 is 14.8 Å². The maximum absolute atomic E-state index is 12.4. The van der Waals surface area contributed by atoms with Crippen LogP contribution in [0.1, 0.15) is 30.0 Å². The van der Waals surface area contributed by atoms with E-state index in [1.54, 1.807) is 26.4 Å². The Hall–Kier alpha value is -2.79. The van der Waals surface area contributed by atoms with Crippen molar-refractivity contribution >= 4 is 12.0 Å². The number of hydrogen-bond donors (Lipinski definition) is 1. The first-order valence-corrected chi connectivity index (χ1v) is 9.68. The Morgan fingerprint density at radius 1 is 1.07 bits per heavy atom. The average molecular weight is 380 g/mol. The van der Waals surface area contributed by atoms with Crippen molar-refractivity contribution in [2.75, 3.05) is 33.9 Å². The lowest BCUT2D eigenvalue weighted by molar-refractivity contribution is -0.116. The number of benzene rings is 2. The molecular weight excluding hydrogens is 352 g/mol. The van der Waals surface area contributed by atoms with Crippen LogP contribution in [0.25, 0.3) is 6.08 Å². The lowest BCUT2D eigenvalue weighted by Crippen LogP contribution is -2.36. The van der Waals surface area contributed by atoms with Crippen LogP contribution in [-0.2, 0) is 4.79 Å². The fourth-order valence-electron chi connectivity index (χ4n) is 3.57. The molecule has 1 saturated heterocycles. The Balaban J connectivity index is 1.62. The number of carbonyl (C=O) groups excluding carboxylic acids is 1. The van der Waals surface area contributed by atoms with Crippen LogP contribution in [0.5, 0.6) is 11.5 Å². The molecule has 148 valence electrons. The number of amides is 1. The fourth-order valence-corrected chi connectivity index (χ4v) is 3.57. The number of nitrogens with zero attached hydrogens (tertiary/aromatic N) is 1. The van der Waals surface area contributed by atoms with Gasteiger partial charge in [0.05, 0.1) is 20.3 Å². The van der Waals surface area contributed by atoms with Gasteiger partial charge in [-0.15, -0.1) is 0 Å². The summed E-state index contributed by atoms with van der Waals surface area (Å²) in [4.78, 5) is 14.8. The van der Waals surface area contributed by atoms with Gasteiger partial charge in [0.15, 0.2) is 11.5 Å². The molecule has 1 heterocycles. The summed E-state index contributed by atoms with van der Waals surface area (Å²) in [5.74, 6) is 1.21. The topological polar surface area (TPSA) is 50.8 Å². The molecule has 1 N–H and O–H groups in total. The summed E-state index contributed by atoms with van der Waals surface area (Å²) in [5.41, 5.74) is 2.13. The first kappa shape index (κ1) is 20.0. The van der Waals surface area contributed by atoms with Crippen molar-refractivity contribution in [3.05, 3.63) is 65.7 Å². The molecule has 1 fully saturated rings. The van der Waals surface area contributed by atoms with Gasteiger partial charge in [-0.05, 0) is 55.3 Å². The normalized spacial score (nSPS) is 15.5. The number of methoxy groups -OCH3 is 2. The van der Waals surface area contributed by atoms with E-state index in [1.807, 2.05) is 24.3 Å². The van der Waals surface area contributed by atoms with Crippen LogP contribution in [0.15, 0.2) is 54.6 Å². The van der Waals surface area contributed by atoms with Crippen LogP contribution in [0.3, 0.4) is 0 Å². The van der Waals surface area contributed by atoms with Crippen LogP contribution < -0.4 is 14.8 Å². The summed E-state index contributed by atoms with van der Waals surface area (Å²) in [6, 6.07) is 16.2. The standard InChI is InChI=1S/C23H28N2O3/c1-27-21-12-10-18(16-22(21)28-2)11-13-23(26)24-17-20(25-14-6-7-15-25)19-8-4-3-5-9-19/h3-5,8-13,16,20H,6-7,14-15,17H2,1-2H3,(H,24,26)/b13-11+. The predicted octanol–water partition coefficient (Wildman–Crippen LogP) is 3.67. The highest BCUT2D eigenvalue weighted by Crippen LogP contribution is 2.28. The van der Waals surface area contributed by atoms with Crippen molar-refractivity contribution in [1.82, 2.24) is 10.2 Å². The van der Waals surface area contributed by atoms with Crippen molar-refractivity contribution in [2.45, 2.75) is 18.9 Å². The summed E-state index contributed by atoms with van der Waals surface area (Å²) < 4.78 is 10.5. The van der Waals surface area contributed by atoms with Crippen molar-refractivity contribution in [3.63, 3.8) is 0 Å². The monoisotopic (exact) mass is 380 g/mol. The van der Waals surface area contributed by atoms with Crippen LogP contribution in [0.2, 0.25) is 0 Å². The van der Waals surface area contributed by atoms with E-state index < -0.39 is 0 Å². The van der Waals surface area contributed by atoms with Gasteiger partial charge in [-0.3, -0.25) is 9.69 Å². The maximum Gasteiger partial charge on any atom is 0.244 e. The van der Waals surface area contributed by atoms with Gasteiger partial charge in [-0.2, -0.15) is 0 Å². The number of hydrogen-bond acceptors (Lipinski definition) is 4. The molecule has 1 amide bonds. The number of rotatable bonds is 8. The maximum atomic E-state index is 12.4. The Kier molecular flexibility index (Phi) is 7.09. The van der Waals surface area contributed by atoms with Gasteiger partial charge >= 0.3 is 0 Å². The molecule has 0 radical (unpaired) electrons. The highest BCUT2D eigenvalue weighted by molar-refractivity contribution is 5.91. The zero-order valence-corrected chi connectivity index (χ0v) is 16.6. The molecule has 5 nitrogen and oxygen atoms in total. The molecule has 1 atom stereocenters. The molecule has 3 rings (SSSR count). The SMILES string of the molecule is COc1ccc(/C=C/C(=O)NCC(c2ccccc2)N2CCCC2)cc1OC. The second kappa shape index (κ2) is 9.95. The van der Waals surface area contributed by atoms with Gasteiger partial charge in [0, 0.05) is 12.6 Å². The summed E-state index contributed by atoms with van der Waals surface area (Å²) in [5, 5.41) is 3.06. The highest BCUT2D eigenvalue weighted by Gasteiger charge is 2.23. The molecule has 0 aromatic heterocycles. The van der Waals surface area contributed by atoms with E-state index >= 15 is 0 Å². The molecule has 5 heteroatoms. The Labute approximate surface area is 167 Å². The van der Waals surface area contributed by atoms with Crippen molar-refractivity contribution < 1.29 is 14.3 Å². The number of likely N-dealkylation sites (tertiary alicyclic amines) is 1. The molecule has 0 spiro atoms. The van der Waals surface area contributed by atoms with Gasteiger partial charge in [-0.25, -0.2) is 0 Å². The predicted molar refractivity (Wildman–Crippen MR) is 112 cm³/mol. The second-order valence-corrected chi connectivity index (χ2v) is 6.86. The minimum Gasteiger partial charge on any atom is -0.493 e. The summed E-state index contributed by atoms with van der Waals surface area (Å²) in [6.45, 7) is 2.76. The molecule has 0 saturated carbocycles. The van der Waals surface area contributed by atoms with Crippen molar-refractivity contribution in [1.29, 1.82) is 0 Å². The third-order valence-electron chi connectivity index (χ3n) is 5.07. The summed E-state index contributed by atoms with van der Waals surface area (Å²) >= 11 is 0. The Morgan fingerprint density at radius 3 is 2.46 bits per heavy atom. The van der Waals surface area contributed by atoms with Crippen molar-refractivity contribution in [3.8, 4) is 11.5 Å². The van der Waals surface area contributed by atoms with Crippen LogP contribution >= 0.6 is 0 Å². The lowest BCUT2D eigenvalue weighted by Gasteiger charge is -2.28. The molecule has 28 heavy (non-hydrogen) atoms. The minimum absolute atomic E-state index is 0.102. The molecule has 2 aromatic carbocycles. The van der Waals surface area contributed by atoms with Crippen molar-refractivity contribution in [2.24, 2.45) is 0 Å². The van der Waals surface area contributed by atoms with Crippen LogP contribution in [0.4, 0.5) is 0 Å². The first-order chi connectivity index (χ1) is 13.7. The molecule has 1 aliphatic rings. The van der Waals surface area contributed by atoms with Crippen LogP contribution in [0, 0.1) is 0 Å². The van der Waals surface area contributed by atoms with Crippen LogP contribution in [-0.4, -0.2) is 44.7 Å². The van der Waals surface area contributed by atoms with E-state index in [2.05, 4.69) is 34.5 Å². The molecule has 0 aliphatic carbocycles. The summed E-state index contributed by atoms with van der Waals surface area (Å²) in [7, 11) is 3.20. The zero-order chi connectivity index (χ0) is 19.8. The molecule has 2 aromatic rings. The van der Waals surface area contributed by atoms with E-state index in [-0.39, 0.29) is 11.9 Å². The minimum atomic E-state index is -0.102. The van der Waals surface area contributed by atoms with Gasteiger partial charge in [0.25, 0.3) is 0 Å². The number of nitrogens with one attached hydrogen (secondary N) is 1. The second-order valence-electron chi connectivity index (χ2n) is 6.86. The highest BCUT2D eigenvalue weighted by atomic mass is 16.5. The average Bonchev–Trinajstić information content (AvgIpc) is 3.27. The zero-order valence-electron chi connectivity index (χ0n) is 16.6. The van der Waals surface area contributed by atoms with Gasteiger partial charge in [-0.1, -0.05) is 36.4 Å². The van der Waals surface area contributed by atoms with E-state index in [1.165, 1.54) is 18.4 Å². The van der Waals surface area contributed by atoms with E-state index in [4.69, 9.17) is 9.47 Å². The third kappa shape index (κ3) is 5.14. The lowest BCUT2D eigenvalue weighted by atomic mass is 10.1. The Morgan fingerprint density at radius 2 is 1.79 bits per heavy atom. The smallest absolute Gasteiger partial charge is 0.244 e. The number of ether oxygens (including phenoxy) is 2. The Bertz CT molecular complexity index is 799. The van der Waals surface area contributed by atoms with E-state index in [9.17, 15) is 4.79 Å². The fraction of sp³-hybridized carbons (Fsp3) is 0.348. The quantitative estimate of drug-likeness (QED) is 0.710. The summed E-state index contributed by atoms with van der Waals surface area (Å²) in [6.07, 6.45) is 5.78. The molecule has 1 aliphatic heterocycles. The van der Waals surface area contributed by atoms with E-state index in [0.29, 0.717) is 18.0 Å². The first-order valence-electron chi connectivity index (χ1n) is 9.68. The molecule has 0 bridgehead atoms. The molecule has 1 unspecified atom stereocenters. The van der Waals surface area contributed by atoms with Gasteiger partial charge in [0.1, 0.15) is 0 Å². The molecular formula is C23H28N2O3. The largest absolute Gasteiger partial charge is 0.493 e. The van der Waals surface area contributed by atoms with Gasteiger partial charge in [0.2, 0.25) is 5.91 Å². The van der Waals surface area contributed by atoms with E-state index in [0.717, 1.165) is 18.7 Å². The third-order valence-corrected chi connectivity index (χ3v) is 5.07.